The molecule has 98 valence electrons. The van der Waals surface area contributed by atoms with Crippen molar-refractivity contribution in [3.8, 4) is 5.75 Å². The Kier molecular flexibility index (Phi) is 4.50. The fourth-order valence-corrected chi connectivity index (χ4v) is 2.08. The van der Waals surface area contributed by atoms with Crippen molar-refractivity contribution in [1.82, 2.24) is 0 Å². The van der Waals surface area contributed by atoms with Gasteiger partial charge in [-0.1, -0.05) is 24.4 Å². The van der Waals surface area contributed by atoms with E-state index in [2.05, 4.69) is 15.9 Å². The van der Waals surface area contributed by atoms with Crippen LogP contribution < -0.4 is 10.5 Å². The maximum Gasteiger partial charge on any atom is 0.133 e. The van der Waals surface area contributed by atoms with Gasteiger partial charge in [-0.3, -0.25) is 0 Å². The lowest BCUT2D eigenvalue weighted by molar-refractivity contribution is 0.298. The summed E-state index contributed by atoms with van der Waals surface area (Å²) in [5.74, 6) is 0.315. The van der Waals surface area contributed by atoms with Crippen LogP contribution in [0.1, 0.15) is 11.1 Å². The average Bonchev–Trinajstić information content (AvgIpc) is 2.39. The SMILES string of the molecule is NC(=S)c1ccc(F)c(COc2ccccc2Br)c1. The summed E-state index contributed by atoms with van der Waals surface area (Å²) in [6.07, 6.45) is 0. The number of thiocarbonyl (C=S) groups is 1. The molecule has 0 saturated heterocycles. The van der Waals surface area contributed by atoms with Crippen molar-refractivity contribution in [3.63, 3.8) is 0 Å². The lowest BCUT2D eigenvalue weighted by Crippen LogP contribution is -2.10. The van der Waals surface area contributed by atoms with Gasteiger partial charge in [0.1, 0.15) is 23.2 Å². The van der Waals surface area contributed by atoms with Crippen molar-refractivity contribution in [2.75, 3.05) is 0 Å². The number of nitrogens with two attached hydrogens (primary N) is 1. The molecule has 0 atom stereocenters. The van der Waals surface area contributed by atoms with Crippen LogP contribution in [0.3, 0.4) is 0 Å². The smallest absolute Gasteiger partial charge is 0.133 e. The van der Waals surface area contributed by atoms with E-state index in [-0.39, 0.29) is 17.4 Å². The molecule has 5 heteroatoms. The number of para-hydroxylation sites is 1. The number of benzene rings is 2. The first-order chi connectivity index (χ1) is 9.08. The minimum Gasteiger partial charge on any atom is -0.488 e. The van der Waals surface area contributed by atoms with Crippen LogP contribution in [0.4, 0.5) is 4.39 Å². The monoisotopic (exact) mass is 339 g/mol. The van der Waals surface area contributed by atoms with E-state index in [9.17, 15) is 4.39 Å². The Bertz CT molecular complexity index is 618. The van der Waals surface area contributed by atoms with Crippen molar-refractivity contribution >= 4 is 33.1 Å². The van der Waals surface area contributed by atoms with Gasteiger partial charge >= 0.3 is 0 Å². The zero-order chi connectivity index (χ0) is 13.8. The van der Waals surface area contributed by atoms with Gasteiger partial charge in [-0.2, -0.15) is 0 Å². The van der Waals surface area contributed by atoms with E-state index in [0.717, 1.165) is 4.47 Å². The second kappa shape index (κ2) is 6.12. The molecule has 0 bridgehead atoms. The topological polar surface area (TPSA) is 35.2 Å². The highest BCUT2D eigenvalue weighted by molar-refractivity contribution is 9.10. The molecule has 0 saturated carbocycles. The Hall–Kier alpha value is -1.46. The van der Waals surface area contributed by atoms with Gasteiger partial charge in [0, 0.05) is 11.1 Å². The normalized spacial score (nSPS) is 10.2. The largest absolute Gasteiger partial charge is 0.488 e. The van der Waals surface area contributed by atoms with E-state index in [1.807, 2.05) is 18.2 Å². The minimum atomic E-state index is -0.341. The van der Waals surface area contributed by atoms with E-state index >= 15 is 0 Å². The van der Waals surface area contributed by atoms with Crippen molar-refractivity contribution in [1.29, 1.82) is 0 Å². The summed E-state index contributed by atoms with van der Waals surface area (Å²) in [4.78, 5) is 0.238. The molecule has 0 aliphatic heterocycles. The quantitative estimate of drug-likeness (QED) is 0.860. The highest BCUT2D eigenvalue weighted by atomic mass is 79.9. The van der Waals surface area contributed by atoms with Gasteiger partial charge in [0.25, 0.3) is 0 Å². The molecule has 2 N–H and O–H groups in total. The van der Waals surface area contributed by atoms with Crippen LogP contribution in [0.25, 0.3) is 0 Å². The van der Waals surface area contributed by atoms with Gasteiger partial charge in [0.05, 0.1) is 4.47 Å². The zero-order valence-electron chi connectivity index (χ0n) is 9.90. The molecule has 0 unspecified atom stereocenters. The van der Waals surface area contributed by atoms with Gasteiger partial charge in [-0.25, -0.2) is 4.39 Å². The molecular formula is C14H11BrFNOS. The van der Waals surface area contributed by atoms with E-state index in [0.29, 0.717) is 16.9 Å². The molecule has 19 heavy (non-hydrogen) atoms. The number of hydrogen-bond acceptors (Lipinski definition) is 2. The molecule has 2 rings (SSSR count). The number of rotatable bonds is 4. The Labute approximate surface area is 124 Å². The van der Waals surface area contributed by atoms with E-state index < -0.39 is 0 Å². The predicted molar refractivity (Wildman–Crippen MR) is 80.8 cm³/mol. The third-order valence-corrected chi connectivity index (χ3v) is 3.44. The molecule has 0 spiro atoms. The summed E-state index contributed by atoms with van der Waals surface area (Å²) in [7, 11) is 0. The second-order valence-electron chi connectivity index (χ2n) is 3.89. The third-order valence-electron chi connectivity index (χ3n) is 2.55. The summed E-state index contributed by atoms with van der Waals surface area (Å²) in [5.41, 5.74) is 6.57. The maximum absolute atomic E-state index is 13.7. The van der Waals surface area contributed by atoms with Gasteiger partial charge in [0.2, 0.25) is 0 Å². The van der Waals surface area contributed by atoms with Crippen molar-refractivity contribution in [3.05, 3.63) is 63.9 Å². The van der Waals surface area contributed by atoms with E-state index in [4.69, 9.17) is 22.7 Å². The molecular weight excluding hydrogens is 329 g/mol. The van der Waals surface area contributed by atoms with Gasteiger partial charge in [0.15, 0.2) is 0 Å². The highest BCUT2D eigenvalue weighted by Crippen LogP contribution is 2.25. The summed E-state index contributed by atoms with van der Waals surface area (Å²) < 4.78 is 20.0. The fraction of sp³-hybridized carbons (Fsp3) is 0.0714. The fourth-order valence-electron chi connectivity index (χ4n) is 1.56. The lowest BCUT2D eigenvalue weighted by atomic mass is 10.1. The number of halogens is 2. The van der Waals surface area contributed by atoms with Crippen LogP contribution >= 0.6 is 28.1 Å². The van der Waals surface area contributed by atoms with Gasteiger partial charge in [-0.05, 0) is 46.3 Å². The van der Waals surface area contributed by atoms with Gasteiger partial charge in [-0.15, -0.1) is 0 Å². The van der Waals surface area contributed by atoms with Crippen LogP contribution in [0, 0.1) is 5.82 Å². The molecule has 2 aromatic rings. The zero-order valence-corrected chi connectivity index (χ0v) is 12.3. The van der Waals surface area contributed by atoms with Crippen molar-refractivity contribution < 1.29 is 9.13 Å². The Balaban J connectivity index is 2.17. The third kappa shape index (κ3) is 3.52. The van der Waals surface area contributed by atoms with Crippen LogP contribution in [0.15, 0.2) is 46.9 Å². The molecule has 2 aromatic carbocycles. The molecule has 2 nitrogen and oxygen atoms in total. The predicted octanol–water partition coefficient (Wildman–Crippen LogP) is 3.80. The molecule has 0 radical (unpaired) electrons. The van der Waals surface area contributed by atoms with Crippen LogP contribution in [0.2, 0.25) is 0 Å². The van der Waals surface area contributed by atoms with Crippen LogP contribution in [0.5, 0.6) is 5.75 Å². The van der Waals surface area contributed by atoms with Crippen LogP contribution in [-0.2, 0) is 6.61 Å². The lowest BCUT2D eigenvalue weighted by Gasteiger charge is -2.10. The van der Waals surface area contributed by atoms with Crippen molar-refractivity contribution in [2.24, 2.45) is 5.73 Å². The van der Waals surface area contributed by atoms with E-state index in [1.165, 1.54) is 6.07 Å². The molecule has 0 aromatic heterocycles. The number of hydrogen-bond donors (Lipinski definition) is 1. The molecule has 0 amide bonds. The first-order valence-corrected chi connectivity index (χ1v) is 6.73. The van der Waals surface area contributed by atoms with Crippen molar-refractivity contribution in [2.45, 2.75) is 6.61 Å². The summed E-state index contributed by atoms with van der Waals surface area (Å²) >= 11 is 8.24. The molecule has 0 fully saturated rings. The van der Waals surface area contributed by atoms with E-state index in [1.54, 1.807) is 18.2 Å². The first-order valence-electron chi connectivity index (χ1n) is 5.53. The first kappa shape index (κ1) is 14.0. The summed E-state index contributed by atoms with van der Waals surface area (Å²) in [6.45, 7) is 0.116. The highest BCUT2D eigenvalue weighted by Gasteiger charge is 2.07. The van der Waals surface area contributed by atoms with Crippen LogP contribution in [-0.4, -0.2) is 4.99 Å². The standard InChI is InChI=1S/C14H11BrFNOS/c15-11-3-1-2-4-13(11)18-8-10-7-9(14(17)19)5-6-12(10)16/h1-7H,8H2,(H2,17,19). The molecule has 0 aliphatic rings. The maximum atomic E-state index is 13.7. The summed E-state index contributed by atoms with van der Waals surface area (Å²) in [5, 5.41) is 0. The van der Waals surface area contributed by atoms with Gasteiger partial charge < -0.3 is 10.5 Å². The second-order valence-corrected chi connectivity index (χ2v) is 5.18. The Morgan fingerprint density at radius 1 is 1.26 bits per heavy atom. The molecule has 0 aliphatic carbocycles. The minimum absolute atomic E-state index is 0.116. The summed E-state index contributed by atoms with van der Waals surface area (Å²) in [6, 6.07) is 11.9. The number of ether oxygens (including phenoxy) is 1. The Morgan fingerprint density at radius 2 is 2.00 bits per heavy atom. The Morgan fingerprint density at radius 3 is 2.68 bits per heavy atom. The molecule has 0 heterocycles. The average molecular weight is 340 g/mol.